The fourth-order valence-electron chi connectivity index (χ4n) is 1.53. The summed E-state index contributed by atoms with van der Waals surface area (Å²) >= 11 is 8.01. The van der Waals surface area contributed by atoms with Crippen molar-refractivity contribution in [2.45, 2.75) is 6.42 Å². The van der Waals surface area contributed by atoms with E-state index >= 15 is 0 Å². The van der Waals surface area contributed by atoms with Gasteiger partial charge in [-0.05, 0) is 40.8 Å². The van der Waals surface area contributed by atoms with Crippen LogP contribution in [0.15, 0.2) is 18.2 Å². The maximum absolute atomic E-state index is 5.71. The van der Waals surface area contributed by atoms with E-state index in [1.54, 1.807) is 0 Å². The van der Waals surface area contributed by atoms with Crippen molar-refractivity contribution in [1.82, 2.24) is 9.55 Å². The molecule has 0 fully saturated rings. The number of halogens is 2. The smallest absolute Gasteiger partial charge is 0.110 e. The minimum absolute atomic E-state index is 0.619. The van der Waals surface area contributed by atoms with E-state index in [4.69, 9.17) is 11.6 Å². The van der Waals surface area contributed by atoms with Crippen molar-refractivity contribution in [3.63, 3.8) is 0 Å². The molecule has 14 heavy (non-hydrogen) atoms. The molecular formula is C10H10ClIN2. The predicted octanol–water partition coefficient (Wildman–Crippen LogP) is 2.96. The quantitative estimate of drug-likeness (QED) is 0.614. The Kier molecular flexibility index (Phi) is 2.97. The normalized spacial score (nSPS) is 11.1. The average Bonchev–Trinajstić information content (AvgIpc) is 2.44. The van der Waals surface area contributed by atoms with Gasteiger partial charge in [-0.1, -0.05) is 0 Å². The molecular weight excluding hydrogens is 310 g/mol. The largest absolute Gasteiger partial charge is 0.331 e. The maximum Gasteiger partial charge on any atom is 0.110 e. The molecule has 0 bridgehead atoms. The lowest BCUT2D eigenvalue weighted by Gasteiger charge is -1.98. The van der Waals surface area contributed by atoms with Crippen molar-refractivity contribution in [2.24, 2.45) is 7.05 Å². The lowest BCUT2D eigenvalue weighted by atomic mass is 10.3. The minimum atomic E-state index is 0.619. The van der Waals surface area contributed by atoms with Crippen molar-refractivity contribution in [2.75, 3.05) is 5.88 Å². The zero-order valence-electron chi connectivity index (χ0n) is 7.80. The number of benzene rings is 1. The second kappa shape index (κ2) is 4.06. The van der Waals surface area contributed by atoms with E-state index in [9.17, 15) is 0 Å². The van der Waals surface area contributed by atoms with Gasteiger partial charge in [0, 0.05) is 22.9 Å². The number of fused-ring (bicyclic) bond motifs is 1. The summed E-state index contributed by atoms with van der Waals surface area (Å²) in [5, 5.41) is 0. The summed E-state index contributed by atoms with van der Waals surface area (Å²) in [6.07, 6.45) is 0.823. The molecule has 0 radical (unpaired) electrons. The second-order valence-electron chi connectivity index (χ2n) is 3.16. The number of alkyl halides is 1. The van der Waals surface area contributed by atoms with Crippen LogP contribution >= 0.6 is 34.2 Å². The van der Waals surface area contributed by atoms with E-state index in [-0.39, 0.29) is 0 Å². The topological polar surface area (TPSA) is 17.8 Å². The van der Waals surface area contributed by atoms with Gasteiger partial charge in [0.2, 0.25) is 0 Å². The molecule has 0 aliphatic heterocycles. The molecule has 4 heteroatoms. The molecule has 2 rings (SSSR count). The summed E-state index contributed by atoms with van der Waals surface area (Å²) in [6.45, 7) is 0. The molecule has 1 aromatic carbocycles. The van der Waals surface area contributed by atoms with Crippen molar-refractivity contribution < 1.29 is 0 Å². The average molecular weight is 321 g/mol. The van der Waals surface area contributed by atoms with Crippen LogP contribution in [-0.4, -0.2) is 15.4 Å². The summed E-state index contributed by atoms with van der Waals surface area (Å²) in [6, 6.07) is 6.28. The Hall–Kier alpha value is -0.290. The first kappa shape index (κ1) is 10.2. The summed E-state index contributed by atoms with van der Waals surface area (Å²) in [5.74, 6) is 1.67. The Bertz CT molecular complexity index is 464. The van der Waals surface area contributed by atoms with Gasteiger partial charge in [0.05, 0.1) is 11.0 Å². The third-order valence-electron chi connectivity index (χ3n) is 2.25. The molecule has 2 nitrogen and oxygen atoms in total. The van der Waals surface area contributed by atoms with E-state index in [0.29, 0.717) is 5.88 Å². The molecule has 0 spiro atoms. The number of rotatable bonds is 2. The summed E-state index contributed by atoms with van der Waals surface area (Å²) in [5.41, 5.74) is 2.23. The standard InChI is InChI=1S/C10H10ClIN2/c1-14-9-3-2-7(12)6-8(9)13-10(14)4-5-11/h2-3,6H,4-5H2,1H3. The van der Waals surface area contributed by atoms with Crippen LogP contribution in [0.5, 0.6) is 0 Å². The summed E-state index contributed by atoms with van der Waals surface area (Å²) in [7, 11) is 2.03. The van der Waals surface area contributed by atoms with Gasteiger partial charge in [-0.15, -0.1) is 11.6 Å². The lowest BCUT2D eigenvalue weighted by molar-refractivity contribution is 0.831. The summed E-state index contributed by atoms with van der Waals surface area (Å²) < 4.78 is 3.32. The molecule has 0 amide bonds. The van der Waals surface area contributed by atoms with Crippen LogP contribution in [0.1, 0.15) is 5.82 Å². The van der Waals surface area contributed by atoms with Crippen LogP contribution in [-0.2, 0) is 13.5 Å². The molecule has 0 aliphatic rings. The molecule has 0 N–H and O–H groups in total. The van der Waals surface area contributed by atoms with Gasteiger partial charge in [-0.25, -0.2) is 4.98 Å². The third-order valence-corrected chi connectivity index (χ3v) is 3.11. The molecule has 74 valence electrons. The number of hydrogen-bond acceptors (Lipinski definition) is 1. The fraction of sp³-hybridized carbons (Fsp3) is 0.300. The number of aromatic nitrogens is 2. The Morgan fingerprint density at radius 1 is 1.50 bits per heavy atom. The van der Waals surface area contributed by atoms with E-state index in [0.717, 1.165) is 17.8 Å². The molecule has 0 saturated carbocycles. The molecule has 0 unspecified atom stereocenters. The van der Waals surface area contributed by atoms with Crippen molar-refractivity contribution in [1.29, 1.82) is 0 Å². The van der Waals surface area contributed by atoms with Gasteiger partial charge in [-0.2, -0.15) is 0 Å². The Labute approximate surface area is 101 Å². The maximum atomic E-state index is 5.71. The Balaban J connectivity index is 2.61. The molecule has 0 saturated heterocycles. The zero-order valence-corrected chi connectivity index (χ0v) is 10.7. The fourth-order valence-corrected chi connectivity index (χ4v) is 2.17. The molecule has 0 atom stereocenters. The van der Waals surface area contributed by atoms with Crippen LogP contribution in [0, 0.1) is 3.57 Å². The molecule has 0 aliphatic carbocycles. The monoisotopic (exact) mass is 320 g/mol. The van der Waals surface area contributed by atoms with E-state index in [2.05, 4.69) is 50.3 Å². The highest BCUT2D eigenvalue weighted by Crippen LogP contribution is 2.18. The number of imidazole rings is 1. The van der Waals surface area contributed by atoms with Crippen LogP contribution in [0.25, 0.3) is 11.0 Å². The van der Waals surface area contributed by atoms with Gasteiger partial charge < -0.3 is 4.57 Å². The highest BCUT2D eigenvalue weighted by atomic mass is 127. The van der Waals surface area contributed by atoms with Crippen LogP contribution in [0.3, 0.4) is 0 Å². The van der Waals surface area contributed by atoms with Crippen LogP contribution in [0.4, 0.5) is 0 Å². The Morgan fingerprint density at radius 2 is 2.29 bits per heavy atom. The number of hydrogen-bond donors (Lipinski definition) is 0. The van der Waals surface area contributed by atoms with Crippen molar-refractivity contribution >= 4 is 45.2 Å². The lowest BCUT2D eigenvalue weighted by Crippen LogP contribution is -1.98. The first-order chi connectivity index (χ1) is 6.72. The summed E-state index contributed by atoms with van der Waals surface area (Å²) in [4.78, 5) is 4.54. The van der Waals surface area contributed by atoms with E-state index in [1.807, 2.05) is 7.05 Å². The predicted molar refractivity (Wildman–Crippen MR) is 67.9 cm³/mol. The second-order valence-corrected chi connectivity index (χ2v) is 4.78. The Morgan fingerprint density at radius 3 is 3.00 bits per heavy atom. The van der Waals surface area contributed by atoms with Gasteiger partial charge in [0.1, 0.15) is 5.82 Å². The van der Waals surface area contributed by atoms with Gasteiger partial charge >= 0.3 is 0 Å². The van der Waals surface area contributed by atoms with E-state index < -0.39 is 0 Å². The third kappa shape index (κ3) is 1.75. The van der Waals surface area contributed by atoms with Gasteiger partial charge in [0.15, 0.2) is 0 Å². The zero-order chi connectivity index (χ0) is 10.1. The molecule has 1 heterocycles. The van der Waals surface area contributed by atoms with Gasteiger partial charge in [-0.3, -0.25) is 0 Å². The van der Waals surface area contributed by atoms with Gasteiger partial charge in [0.25, 0.3) is 0 Å². The van der Waals surface area contributed by atoms with Crippen molar-refractivity contribution in [3.8, 4) is 0 Å². The van der Waals surface area contributed by atoms with Crippen molar-refractivity contribution in [3.05, 3.63) is 27.6 Å². The SMILES string of the molecule is Cn1c(CCCl)nc2cc(I)ccc21. The van der Waals surface area contributed by atoms with Crippen LogP contribution in [0.2, 0.25) is 0 Å². The number of nitrogens with zero attached hydrogens (tertiary/aromatic N) is 2. The molecule has 1 aromatic heterocycles. The highest BCUT2D eigenvalue weighted by Gasteiger charge is 2.06. The molecule has 2 aromatic rings. The van der Waals surface area contributed by atoms with E-state index in [1.165, 1.54) is 9.09 Å². The first-order valence-electron chi connectivity index (χ1n) is 4.39. The van der Waals surface area contributed by atoms with Crippen LogP contribution < -0.4 is 0 Å². The highest BCUT2D eigenvalue weighted by molar-refractivity contribution is 14.1. The first-order valence-corrected chi connectivity index (χ1v) is 6.00. The number of aryl methyl sites for hydroxylation is 2. The minimum Gasteiger partial charge on any atom is -0.331 e.